The molecule has 2 aromatic carbocycles. The van der Waals surface area contributed by atoms with Gasteiger partial charge < -0.3 is 10.5 Å². The van der Waals surface area contributed by atoms with Crippen LogP contribution in [-0.2, 0) is 4.74 Å². The second kappa shape index (κ2) is 6.97. The van der Waals surface area contributed by atoms with E-state index in [0.29, 0.717) is 18.0 Å². The maximum absolute atomic E-state index is 12.0. The standard InChI is InChI=1S/C20H25NO2/c1-14(13-21)15-5-7-16(8-6-15)17-9-11-18(12-10-17)19(22)23-20(2,3)4/h5-12,14H,13,21H2,1-4H3. The van der Waals surface area contributed by atoms with Crippen molar-refractivity contribution in [2.45, 2.75) is 39.2 Å². The number of ether oxygens (including phenoxy) is 1. The zero-order valence-corrected chi connectivity index (χ0v) is 14.3. The van der Waals surface area contributed by atoms with Crippen molar-refractivity contribution in [3.05, 3.63) is 59.7 Å². The number of nitrogens with two attached hydrogens (primary N) is 1. The van der Waals surface area contributed by atoms with E-state index < -0.39 is 5.60 Å². The quantitative estimate of drug-likeness (QED) is 0.853. The highest BCUT2D eigenvalue weighted by Crippen LogP contribution is 2.23. The molecule has 2 aromatic rings. The Bertz CT molecular complexity index is 652. The summed E-state index contributed by atoms with van der Waals surface area (Å²) in [5, 5.41) is 0. The van der Waals surface area contributed by atoms with E-state index in [1.807, 2.05) is 32.9 Å². The molecule has 3 heteroatoms. The summed E-state index contributed by atoms with van der Waals surface area (Å²) in [6.07, 6.45) is 0. The fourth-order valence-electron chi connectivity index (χ4n) is 2.28. The molecular formula is C20H25NO2. The largest absolute Gasteiger partial charge is 0.456 e. The van der Waals surface area contributed by atoms with Gasteiger partial charge in [0.05, 0.1) is 5.56 Å². The highest BCUT2D eigenvalue weighted by molar-refractivity contribution is 5.90. The molecule has 122 valence electrons. The van der Waals surface area contributed by atoms with Crippen LogP contribution in [0, 0.1) is 0 Å². The number of hydrogen-bond acceptors (Lipinski definition) is 3. The van der Waals surface area contributed by atoms with Crippen LogP contribution in [0.2, 0.25) is 0 Å². The Morgan fingerprint density at radius 2 is 1.48 bits per heavy atom. The van der Waals surface area contributed by atoms with Gasteiger partial charge in [-0.25, -0.2) is 4.79 Å². The van der Waals surface area contributed by atoms with Gasteiger partial charge >= 0.3 is 5.97 Å². The lowest BCUT2D eigenvalue weighted by Crippen LogP contribution is -2.23. The van der Waals surface area contributed by atoms with Gasteiger partial charge in [-0.3, -0.25) is 0 Å². The number of carbonyl (C=O) groups is 1. The van der Waals surface area contributed by atoms with Gasteiger partial charge in [-0.2, -0.15) is 0 Å². The fourth-order valence-corrected chi connectivity index (χ4v) is 2.28. The molecule has 0 fully saturated rings. The van der Waals surface area contributed by atoms with Gasteiger partial charge in [0.15, 0.2) is 0 Å². The molecule has 0 saturated heterocycles. The minimum absolute atomic E-state index is 0.295. The molecule has 0 aromatic heterocycles. The van der Waals surface area contributed by atoms with Gasteiger partial charge in [-0.1, -0.05) is 43.3 Å². The summed E-state index contributed by atoms with van der Waals surface area (Å²) in [6, 6.07) is 15.9. The third-order valence-electron chi connectivity index (χ3n) is 3.69. The topological polar surface area (TPSA) is 52.3 Å². The Morgan fingerprint density at radius 3 is 1.91 bits per heavy atom. The first-order valence-electron chi connectivity index (χ1n) is 7.94. The van der Waals surface area contributed by atoms with E-state index >= 15 is 0 Å². The Kier molecular flexibility index (Phi) is 5.22. The molecule has 0 bridgehead atoms. The summed E-state index contributed by atoms with van der Waals surface area (Å²) in [5.41, 5.74) is 9.21. The summed E-state index contributed by atoms with van der Waals surface area (Å²) < 4.78 is 5.37. The predicted octanol–water partition coefficient (Wildman–Crippen LogP) is 4.37. The van der Waals surface area contributed by atoms with E-state index in [1.165, 1.54) is 5.56 Å². The molecule has 1 atom stereocenters. The van der Waals surface area contributed by atoms with Crippen molar-refractivity contribution in [2.75, 3.05) is 6.54 Å². The van der Waals surface area contributed by atoms with Crippen LogP contribution in [0.3, 0.4) is 0 Å². The first-order valence-corrected chi connectivity index (χ1v) is 7.94. The van der Waals surface area contributed by atoms with Crippen LogP contribution in [0.25, 0.3) is 11.1 Å². The van der Waals surface area contributed by atoms with Crippen molar-refractivity contribution < 1.29 is 9.53 Å². The van der Waals surface area contributed by atoms with Gasteiger partial charge in [-0.15, -0.1) is 0 Å². The Hall–Kier alpha value is -2.13. The molecule has 23 heavy (non-hydrogen) atoms. The van der Waals surface area contributed by atoms with Crippen LogP contribution in [-0.4, -0.2) is 18.1 Å². The van der Waals surface area contributed by atoms with E-state index in [2.05, 4.69) is 31.2 Å². The summed E-state index contributed by atoms with van der Waals surface area (Å²) in [6.45, 7) is 8.35. The maximum atomic E-state index is 12.0. The summed E-state index contributed by atoms with van der Waals surface area (Å²) >= 11 is 0. The highest BCUT2D eigenvalue weighted by atomic mass is 16.6. The van der Waals surface area contributed by atoms with Crippen LogP contribution in [0.4, 0.5) is 0 Å². The number of rotatable bonds is 4. The van der Waals surface area contributed by atoms with Gasteiger partial charge in [0, 0.05) is 0 Å². The average Bonchev–Trinajstić information content (AvgIpc) is 2.53. The molecule has 0 radical (unpaired) electrons. The predicted molar refractivity (Wildman–Crippen MR) is 94.5 cm³/mol. The zero-order valence-electron chi connectivity index (χ0n) is 14.3. The van der Waals surface area contributed by atoms with Crippen molar-refractivity contribution in [1.29, 1.82) is 0 Å². The van der Waals surface area contributed by atoms with E-state index in [1.54, 1.807) is 12.1 Å². The van der Waals surface area contributed by atoms with Gasteiger partial charge in [-0.05, 0) is 62.1 Å². The van der Waals surface area contributed by atoms with Gasteiger partial charge in [0.25, 0.3) is 0 Å². The lowest BCUT2D eigenvalue weighted by Gasteiger charge is -2.19. The van der Waals surface area contributed by atoms with Crippen LogP contribution in [0.1, 0.15) is 49.5 Å². The monoisotopic (exact) mass is 311 g/mol. The smallest absolute Gasteiger partial charge is 0.338 e. The van der Waals surface area contributed by atoms with E-state index in [-0.39, 0.29) is 5.97 Å². The second-order valence-corrected chi connectivity index (χ2v) is 6.84. The molecule has 0 heterocycles. The number of esters is 1. The minimum atomic E-state index is -0.481. The van der Waals surface area contributed by atoms with Gasteiger partial charge in [0.2, 0.25) is 0 Å². The normalized spacial score (nSPS) is 12.7. The molecule has 0 amide bonds. The van der Waals surface area contributed by atoms with E-state index in [4.69, 9.17) is 10.5 Å². The molecule has 0 spiro atoms. The maximum Gasteiger partial charge on any atom is 0.338 e. The minimum Gasteiger partial charge on any atom is -0.456 e. The van der Waals surface area contributed by atoms with E-state index in [0.717, 1.165) is 11.1 Å². The zero-order chi connectivity index (χ0) is 17.0. The Balaban J connectivity index is 2.15. The van der Waals surface area contributed by atoms with Crippen LogP contribution >= 0.6 is 0 Å². The van der Waals surface area contributed by atoms with Crippen molar-refractivity contribution in [2.24, 2.45) is 5.73 Å². The lowest BCUT2D eigenvalue weighted by atomic mass is 9.97. The lowest BCUT2D eigenvalue weighted by molar-refractivity contribution is 0.00696. The number of carbonyl (C=O) groups excluding carboxylic acids is 1. The molecular weight excluding hydrogens is 286 g/mol. The van der Waals surface area contributed by atoms with Crippen LogP contribution in [0.15, 0.2) is 48.5 Å². The van der Waals surface area contributed by atoms with Crippen molar-refractivity contribution in [3.8, 4) is 11.1 Å². The summed E-state index contributed by atoms with van der Waals surface area (Å²) in [7, 11) is 0. The van der Waals surface area contributed by atoms with Crippen molar-refractivity contribution >= 4 is 5.97 Å². The third-order valence-corrected chi connectivity index (χ3v) is 3.69. The summed E-state index contributed by atoms with van der Waals surface area (Å²) in [5.74, 6) is 0.0646. The van der Waals surface area contributed by atoms with Gasteiger partial charge in [0.1, 0.15) is 5.60 Å². The number of hydrogen-bond donors (Lipinski definition) is 1. The molecule has 0 aliphatic carbocycles. The summed E-state index contributed by atoms with van der Waals surface area (Å²) in [4.78, 5) is 12.0. The SMILES string of the molecule is CC(CN)c1ccc(-c2ccc(C(=O)OC(C)(C)C)cc2)cc1. The second-order valence-electron chi connectivity index (χ2n) is 6.84. The van der Waals surface area contributed by atoms with Crippen molar-refractivity contribution in [1.82, 2.24) is 0 Å². The van der Waals surface area contributed by atoms with E-state index in [9.17, 15) is 4.79 Å². The first kappa shape index (κ1) is 17.2. The Labute approximate surface area is 138 Å². The molecule has 0 aliphatic heterocycles. The van der Waals surface area contributed by atoms with Crippen molar-refractivity contribution in [3.63, 3.8) is 0 Å². The molecule has 2 rings (SSSR count). The fraction of sp³-hybridized carbons (Fsp3) is 0.350. The Morgan fingerprint density at radius 1 is 1.00 bits per heavy atom. The van der Waals surface area contributed by atoms with Crippen LogP contribution < -0.4 is 5.73 Å². The molecule has 2 N–H and O–H groups in total. The third kappa shape index (κ3) is 4.67. The first-order chi connectivity index (χ1) is 10.8. The molecule has 3 nitrogen and oxygen atoms in total. The molecule has 0 aliphatic rings. The average molecular weight is 311 g/mol. The van der Waals surface area contributed by atoms with Crippen LogP contribution in [0.5, 0.6) is 0 Å². The number of benzene rings is 2. The highest BCUT2D eigenvalue weighted by Gasteiger charge is 2.17. The molecule has 0 saturated carbocycles. The molecule has 1 unspecified atom stereocenters.